The average Bonchev–Trinajstić information content (AvgIpc) is 2.91. The number of amides is 2. The van der Waals surface area contributed by atoms with Crippen molar-refractivity contribution < 1.29 is 18.0 Å². The Labute approximate surface area is 247 Å². The third kappa shape index (κ3) is 7.77. The lowest BCUT2D eigenvalue weighted by atomic mass is 10.1. The summed E-state index contributed by atoms with van der Waals surface area (Å²) in [5.41, 5.74) is 2.66. The van der Waals surface area contributed by atoms with Gasteiger partial charge in [0.1, 0.15) is 12.6 Å². The molecule has 0 aromatic heterocycles. The van der Waals surface area contributed by atoms with Crippen LogP contribution in [0, 0.1) is 13.8 Å². The topological polar surface area (TPSA) is 86.8 Å². The van der Waals surface area contributed by atoms with Gasteiger partial charge in [0, 0.05) is 23.1 Å². The van der Waals surface area contributed by atoms with Crippen molar-refractivity contribution in [2.75, 3.05) is 17.4 Å². The molecule has 0 saturated heterocycles. The van der Waals surface area contributed by atoms with Gasteiger partial charge >= 0.3 is 0 Å². The number of rotatable bonds is 12. The first-order chi connectivity index (χ1) is 19.0. The van der Waals surface area contributed by atoms with Crippen molar-refractivity contribution in [2.24, 2.45) is 0 Å². The molecular weight excluding hydrogens is 569 g/mol. The number of hydrogen-bond donors (Lipinski definition) is 1. The normalized spacial score (nSPS) is 12.1. The van der Waals surface area contributed by atoms with E-state index in [0.29, 0.717) is 34.3 Å². The van der Waals surface area contributed by atoms with Crippen LogP contribution in [-0.4, -0.2) is 44.3 Å². The van der Waals surface area contributed by atoms with Crippen LogP contribution in [0.25, 0.3) is 0 Å². The predicted octanol–water partition coefficient (Wildman–Crippen LogP) is 6.14. The Bertz CT molecular complexity index is 1430. The number of halogens is 2. The van der Waals surface area contributed by atoms with E-state index in [1.807, 2.05) is 33.8 Å². The molecule has 3 rings (SSSR count). The first-order valence-corrected chi connectivity index (χ1v) is 15.3. The van der Waals surface area contributed by atoms with Crippen molar-refractivity contribution in [3.63, 3.8) is 0 Å². The lowest BCUT2D eigenvalue weighted by Gasteiger charge is -2.33. The number of aryl methyl sites for hydroxylation is 2. The molecule has 2 amide bonds. The molecule has 1 unspecified atom stereocenters. The molecule has 40 heavy (non-hydrogen) atoms. The van der Waals surface area contributed by atoms with E-state index in [4.69, 9.17) is 23.2 Å². The number of carbonyl (C=O) groups is 2. The maximum atomic E-state index is 14.1. The van der Waals surface area contributed by atoms with E-state index >= 15 is 0 Å². The van der Waals surface area contributed by atoms with Crippen LogP contribution in [0.4, 0.5) is 5.69 Å². The number of anilines is 1. The third-order valence-corrected chi connectivity index (χ3v) is 8.77. The molecule has 10 heteroatoms. The molecule has 0 aliphatic heterocycles. The molecule has 7 nitrogen and oxygen atoms in total. The van der Waals surface area contributed by atoms with Crippen molar-refractivity contribution >= 4 is 50.7 Å². The van der Waals surface area contributed by atoms with Crippen LogP contribution in [-0.2, 0) is 26.2 Å². The van der Waals surface area contributed by atoms with Gasteiger partial charge in [0.2, 0.25) is 11.8 Å². The monoisotopic (exact) mass is 603 g/mol. The summed E-state index contributed by atoms with van der Waals surface area (Å²) in [6.45, 7) is 7.42. The van der Waals surface area contributed by atoms with Crippen molar-refractivity contribution in [2.45, 2.75) is 58.0 Å². The van der Waals surface area contributed by atoms with Crippen LogP contribution >= 0.6 is 23.2 Å². The van der Waals surface area contributed by atoms with Gasteiger partial charge in [-0.3, -0.25) is 13.9 Å². The Balaban J connectivity index is 2.09. The molecule has 0 radical (unpaired) electrons. The number of hydrogen-bond acceptors (Lipinski definition) is 4. The fourth-order valence-electron chi connectivity index (χ4n) is 4.46. The zero-order valence-electron chi connectivity index (χ0n) is 23.2. The maximum absolute atomic E-state index is 14.1. The zero-order chi connectivity index (χ0) is 29.4. The molecule has 0 fully saturated rings. The largest absolute Gasteiger partial charge is 0.354 e. The van der Waals surface area contributed by atoms with Gasteiger partial charge < -0.3 is 10.2 Å². The molecule has 0 aliphatic rings. The van der Waals surface area contributed by atoms with Gasteiger partial charge in [-0.05, 0) is 79.8 Å². The molecule has 0 heterocycles. The van der Waals surface area contributed by atoms with Gasteiger partial charge in [-0.1, -0.05) is 67.4 Å². The van der Waals surface area contributed by atoms with Crippen LogP contribution in [0.3, 0.4) is 0 Å². The Hall–Kier alpha value is -3.07. The highest BCUT2D eigenvalue weighted by molar-refractivity contribution is 7.92. The first kappa shape index (κ1) is 31.5. The van der Waals surface area contributed by atoms with E-state index in [2.05, 4.69) is 5.32 Å². The molecule has 0 spiro atoms. The Morgan fingerprint density at radius 1 is 0.925 bits per heavy atom. The Morgan fingerprint density at radius 3 is 2.15 bits per heavy atom. The van der Waals surface area contributed by atoms with Gasteiger partial charge in [-0.2, -0.15) is 0 Å². The van der Waals surface area contributed by atoms with E-state index in [9.17, 15) is 18.0 Å². The molecule has 0 bridgehead atoms. The van der Waals surface area contributed by atoms with Crippen molar-refractivity contribution in [1.82, 2.24) is 10.2 Å². The smallest absolute Gasteiger partial charge is 0.264 e. The summed E-state index contributed by atoms with van der Waals surface area (Å²) in [5, 5.41) is 3.65. The molecule has 3 aromatic rings. The Kier molecular flexibility index (Phi) is 11.0. The highest BCUT2D eigenvalue weighted by Gasteiger charge is 2.34. The fraction of sp³-hybridized carbons (Fsp3) is 0.333. The van der Waals surface area contributed by atoms with Gasteiger partial charge in [0.05, 0.1) is 10.6 Å². The first-order valence-electron chi connectivity index (χ1n) is 13.1. The lowest BCUT2D eigenvalue weighted by Crippen LogP contribution is -2.52. The number of carbonyl (C=O) groups excluding carboxylic acids is 2. The van der Waals surface area contributed by atoms with E-state index < -0.39 is 28.5 Å². The predicted molar refractivity (Wildman–Crippen MR) is 161 cm³/mol. The molecule has 1 atom stereocenters. The maximum Gasteiger partial charge on any atom is 0.264 e. The summed E-state index contributed by atoms with van der Waals surface area (Å²) in [4.78, 5) is 28.7. The van der Waals surface area contributed by atoms with Crippen LogP contribution < -0.4 is 9.62 Å². The van der Waals surface area contributed by atoms with Gasteiger partial charge in [-0.25, -0.2) is 8.42 Å². The highest BCUT2D eigenvalue weighted by Crippen LogP contribution is 2.28. The van der Waals surface area contributed by atoms with Crippen LogP contribution in [0.2, 0.25) is 10.0 Å². The fourth-order valence-corrected chi connectivity index (χ4v) is 6.35. The van der Waals surface area contributed by atoms with Crippen molar-refractivity contribution in [3.8, 4) is 0 Å². The van der Waals surface area contributed by atoms with E-state index in [1.165, 1.54) is 17.0 Å². The highest BCUT2D eigenvalue weighted by atomic mass is 35.5. The summed E-state index contributed by atoms with van der Waals surface area (Å²) in [6.07, 6.45) is 1.05. The molecule has 1 N–H and O–H groups in total. The molecule has 0 aliphatic carbocycles. The van der Waals surface area contributed by atoms with E-state index in [-0.39, 0.29) is 17.3 Å². The Morgan fingerprint density at radius 2 is 1.57 bits per heavy atom. The molecule has 0 saturated carbocycles. The summed E-state index contributed by atoms with van der Waals surface area (Å²) in [7, 11) is -4.13. The van der Waals surface area contributed by atoms with Gasteiger partial charge in [0.25, 0.3) is 10.0 Å². The van der Waals surface area contributed by atoms with E-state index in [0.717, 1.165) is 21.9 Å². The summed E-state index contributed by atoms with van der Waals surface area (Å²) < 4.78 is 28.9. The second-order valence-electron chi connectivity index (χ2n) is 9.64. The second-order valence-corrected chi connectivity index (χ2v) is 12.3. The van der Waals surface area contributed by atoms with Crippen LogP contribution in [0.1, 0.15) is 43.4 Å². The summed E-state index contributed by atoms with van der Waals surface area (Å²) in [5.74, 6) is -0.852. The minimum atomic E-state index is -4.13. The van der Waals surface area contributed by atoms with Crippen LogP contribution in [0.5, 0.6) is 0 Å². The summed E-state index contributed by atoms with van der Waals surface area (Å²) >= 11 is 12.5. The molecule has 214 valence electrons. The summed E-state index contributed by atoms with van der Waals surface area (Å²) in [6, 6.07) is 17.5. The minimum Gasteiger partial charge on any atom is -0.354 e. The van der Waals surface area contributed by atoms with E-state index in [1.54, 1.807) is 48.5 Å². The SMILES string of the molecule is CCCNC(=O)C(CC)N(Cc1ccc(Cl)cc1Cl)C(=O)CN(c1cc(C)cc(C)c1)S(=O)(=O)c1ccccc1. The average molecular weight is 605 g/mol. The van der Waals surface area contributed by atoms with Crippen molar-refractivity contribution in [3.05, 3.63) is 93.5 Å². The zero-order valence-corrected chi connectivity index (χ0v) is 25.5. The minimum absolute atomic E-state index is 0.00103. The quantitative estimate of drug-likeness (QED) is 0.269. The van der Waals surface area contributed by atoms with Crippen LogP contribution in [0.15, 0.2) is 71.6 Å². The van der Waals surface area contributed by atoms with Crippen molar-refractivity contribution in [1.29, 1.82) is 0 Å². The molecule has 3 aromatic carbocycles. The third-order valence-electron chi connectivity index (χ3n) is 6.40. The van der Waals surface area contributed by atoms with Gasteiger partial charge in [-0.15, -0.1) is 0 Å². The number of sulfonamides is 1. The lowest BCUT2D eigenvalue weighted by molar-refractivity contribution is -0.140. The number of benzene rings is 3. The number of nitrogens with one attached hydrogen (secondary N) is 1. The molecular formula is C30H35Cl2N3O4S. The van der Waals surface area contributed by atoms with Gasteiger partial charge in [0.15, 0.2) is 0 Å². The standard InChI is InChI=1S/C30H35Cl2N3O4S/c1-5-14-33-30(37)28(6-2)34(19-23-12-13-24(31)18-27(23)32)29(36)20-35(25-16-21(3)15-22(4)17-25)40(38,39)26-10-8-7-9-11-26/h7-13,15-18,28H,5-6,14,19-20H2,1-4H3,(H,33,37). The number of nitrogens with zero attached hydrogens (tertiary/aromatic N) is 2. The second kappa shape index (κ2) is 14.0.